The van der Waals surface area contributed by atoms with Crippen molar-refractivity contribution in [3.63, 3.8) is 0 Å². The summed E-state index contributed by atoms with van der Waals surface area (Å²) in [6.45, 7) is 4.82. The van der Waals surface area contributed by atoms with E-state index in [9.17, 15) is 10.1 Å². The number of aromatic nitrogens is 1. The standard InChI is InChI=1S/C17H23N3O2/c1-11-13-5-12-6-16(2,8-13)10-17(11,7-12)19-15-4-3-14(9-18-15)20(21)22/h3-4,9,11-13H,5-8,10H2,1-2H3,(H,18,19)/t11-,12+,13-,16-,17-/m0/s1. The summed E-state index contributed by atoms with van der Waals surface area (Å²) in [4.78, 5) is 14.6. The van der Waals surface area contributed by atoms with Gasteiger partial charge >= 0.3 is 0 Å². The zero-order chi connectivity index (χ0) is 15.5. The van der Waals surface area contributed by atoms with Crippen molar-refractivity contribution >= 4 is 11.5 Å². The van der Waals surface area contributed by atoms with Crippen LogP contribution in [0.5, 0.6) is 0 Å². The highest BCUT2D eigenvalue weighted by Gasteiger charge is 2.59. The highest BCUT2D eigenvalue weighted by molar-refractivity contribution is 5.43. The lowest BCUT2D eigenvalue weighted by atomic mass is 9.44. The van der Waals surface area contributed by atoms with Crippen LogP contribution in [0.1, 0.15) is 46.0 Å². The molecule has 118 valence electrons. The second-order valence-electron chi connectivity index (χ2n) is 8.19. The van der Waals surface area contributed by atoms with Gasteiger partial charge in [-0.2, -0.15) is 0 Å². The zero-order valence-corrected chi connectivity index (χ0v) is 13.2. The lowest BCUT2D eigenvalue weighted by molar-refractivity contribution is -0.385. The largest absolute Gasteiger partial charge is 0.364 e. The number of rotatable bonds is 3. The summed E-state index contributed by atoms with van der Waals surface area (Å²) < 4.78 is 0. The topological polar surface area (TPSA) is 68.1 Å². The minimum Gasteiger partial charge on any atom is -0.364 e. The van der Waals surface area contributed by atoms with E-state index in [1.54, 1.807) is 12.1 Å². The lowest BCUT2D eigenvalue weighted by Crippen LogP contribution is -2.63. The van der Waals surface area contributed by atoms with Gasteiger partial charge in [0.05, 0.1) is 4.92 Å². The van der Waals surface area contributed by atoms with Crippen molar-refractivity contribution in [1.82, 2.24) is 4.98 Å². The minimum absolute atomic E-state index is 0.0519. The van der Waals surface area contributed by atoms with Gasteiger partial charge in [-0.25, -0.2) is 4.98 Å². The maximum Gasteiger partial charge on any atom is 0.287 e. The first-order chi connectivity index (χ1) is 10.4. The van der Waals surface area contributed by atoms with Crippen LogP contribution in [0.4, 0.5) is 11.5 Å². The molecule has 0 spiro atoms. The van der Waals surface area contributed by atoms with E-state index in [4.69, 9.17) is 0 Å². The summed E-state index contributed by atoms with van der Waals surface area (Å²) in [7, 11) is 0. The highest BCUT2D eigenvalue weighted by Crippen LogP contribution is 2.64. The molecule has 4 bridgehead atoms. The van der Waals surface area contributed by atoms with E-state index in [0.29, 0.717) is 11.3 Å². The van der Waals surface area contributed by atoms with Gasteiger partial charge in [-0.15, -0.1) is 0 Å². The Morgan fingerprint density at radius 3 is 2.82 bits per heavy atom. The van der Waals surface area contributed by atoms with Crippen molar-refractivity contribution in [3.8, 4) is 0 Å². The first kappa shape index (κ1) is 14.0. The van der Waals surface area contributed by atoms with E-state index < -0.39 is 4.92 Å². The van der Waals surface area contributed by atoms with Crippen LogP contribution in [0.3, 0.4) is 0 Å². The predicted molar refractivity (Wildman–Crippen MR) is 84.6 cm³/mol. The Kier molecular flexibility index (Phi) is 2.81. The molecule has 1 aromatic heterocycles. The van der Waals surface area contributed by atoms with Crippen LogP contribution in [-0.2, 0) is 0 Å². The van der Waals surface area contributed by atoms with Gasteiger partial charge in [-0.3, -0.25) is 10.1 Å². The van der Waals surface area contributed by atoms with Crippen molar-refractivity contribution in [3.05, 3.63) is 28.4 Å². The van der Waals surface area contributed by atoms with Gasteiger partial charge in [0, 0.05) is 11.6 Å². The number of pyridine rings is 1. The summed E-state index contributed by atoms with van der Waals surface area (Å²) in [5.41, 5.74) is 0.643. The van der Waals surface area contributed by atoms with Crippen molar-refractivity contribution in [2.75, 3.05) is 5.32 Å². The Morgan fingerprint density at radius 1 is 1.36 bits per heavy atom. The van der Waals surface area contributed by atoms with Crippen LogP contribution in [-0.4, -0.2) is 15.4 Å². The fraction of sp³-hybridized carbons (Fsp3) is 0.706. The summed E-state index contributed by atoms with van der Waals surface area (Å²) in [5, 5.41) is 14.5. The molecule has 0 amide bonds. The molecule has 4 saturated carbocycles. The molecule has 4 aliphatic rings. The summed E-state index contributed by atoms with van der Waals surface area (Å²) in [6, 6.07) is 3.30. The molecule has 0 aromatic carbocycles. The van der Waals surface area contributed by atoms with Crippen LogP contribution in [0.15, 0.2) is 18.3 Å². The molecule has 4 fully saturated rings. The number of nitrogens with zero attached hydrogens (tertiary/aromatic N) is 2. The average molecular weight is 301 g/mol. The maximum absolute atomic E-state index is 10.8. The van der Waals surface area contributed by atoms with E-state index in [1.165, 1.54) is 38.3 Å². The number of nitrogens with one attached hydrogen (secondary N) is 1. The highest BCUT2D eigenvalue weighted by atomic mass is 16.6. The second kappa shape index (κ2) is 4.43. The summed E-state index contributed by atoms with van der Waals surface area (Å²) in [6.07, 6.45) is 7.89. The molecule has 5 atom stereocenters. The molecule has 1 heterocycles. The Hall–Kier alpha value is -1.65. The van der Waals surface area contributed by atoms with Gasteiger partial charge in [-0.1, -0.05) is 13.8 Å². The van der Waals surface area contributed by atoms with Crippen molar-refractivity contribution in [1.29, 1.82) is 0 Å². The lowest BCUT2D eigenvalue weighted by Gasteiger charge is -2.64. The third-order valence-corrected chi connectivity index (χ3v) is 6.48. The van der Waals surface area contributed by atoms with Gasteiger partial charge in [0.15, 0.2) is 0 Å². The fourth-order valence-electron chi connectivity index (χ4n) is 5.87. The Bertz CT molecular complexity index is 617. The van der Waals surface area contributed by atoms with Crippen LogP contribution in [0, 0.1) is 33.3 Å². The Morgan fingerprint density at radius 2 is 2.18 bits per heavy atom. The molecule has 1 N–H and O–H groups in total. The smallest absolute Gasteiger partial charge is 0.287 e. The second-order valence-corrected chi connectivity index (χ2v) is 8.19. The molecular weight excluding hydrogens is 278 g/mol. The normalized spacial score (nSPS) is 42.4. The van der Waals surface area contributed by atoms with Gasteiger partial charge in [0.2, 0.25) is 0 Å². The SMILES string of the molecule is C[C@H]1[C@H]2C[C@@H]3C[C@@](C)(C2)C[C@@]1(Nc1ccc([N+](=O)[O-])cn1)C3. The minimum atomic E-state index is -0.398. The van der Waals surface area contributed by atoms with Crippen molar-refractivity contribution in [2.24, 2.45) is 23.2 Å². The number of anilines is 1. The van der Waals surface area contributed by atoms with E-state index >= 15 is 0 Å². The van der Waals surface area contributed by atoms with Gasteiger partial charge in [0.1, 0.15) is 12.0 Å². The van der Waals surface area contributed by atoms with E-state index in [0.717, 1.165) is 17.7 Å². The summed E-state index contributed by atoms with van der Waals surface area (Å²) >= 11 is 0. The summed E-state index contributed by atoms with van der Waals surface area (Å²) in [5.74, 6) is 3.08. The maximum atomic E-state index is 10.8. The Balaban J connectivity index is 1.62. The van der Waals surface area contributed by atoms with Crippen LogP contribution >= 0.6 is 0 Å². The molecule has 5 rings (SSSR count). The van der Waals surface area contributed by atoms with Gasteiger partial charge in [0.25, 0.3) is 5.69 Å². The van der Waals surface area contributed by atoms with Crippen molar-refractivity contribution in [2.45, 2.75) is 51.5 Å². The Labute approximate surface area is 130 Å². The van der Waals surface area contributed by atoms with E-state index in [1.807, 2.05) is 0 Å². The van der Waals surface area contributed by atoms with Gasteiger partial charge in [-0.05, 0) is 61.3 Å². The van der Waals surface area contributed by atoms with Crippen molar-refractivity contribution < 1.29 is 4.92 Å². The fourth-order valence-corrected chi connectivity index (χ4v) is 5.87. The van der Waals surface area contributed by atoms with Gasteiger partial charge < -0.3 is 5.32 Å². The van der Waals surface area contributed by atoms with Crippen LogP contribution in [0.2, 0.25) is 0 Å². The molecular formula is C17H23N3O2. The van der Waals surface area contributed by atoms with E-state index in [-0.39, 0.29) is 11.2 Å². The quantitative estimate of drug-likeness (QED) is 0.676. The molecule has 0 saturated heterocycles. The molecule has 0 radical (unpaired) electrons. The molecule has 0 aliphatic heterocycles. The molecule has 5 nitrogen and oxygen atoms in total. The molecule has 5 heteroatoms. The molecule has 0 unspecified atom stereocenters. The third kappa shape index (κ3) is 2.02. The first-order valence-corrected chi connectivity index (χ1v) is 8.28. The average Bonchev–Trinajstić information content (AvgIpc) is 2.43. The number of hydrogen-bond donors (Lipinski definition) is 1. The van der Waals surface area contributed by atoms with E-state index in [2.05, 4.69) is 24.1 Å². The van der Waals surface area contributed by atoms with Crippen LogP contribution in [0.25, 0.3) is 0 Å². The number of hydrogen-bond acceptors (Lipinski definition) is 4. The molecule has 1 aromatic rings. The molecule has 4 aliphatic carbocycles. The number of nitro groups is 1. The third-order valence-electron chi connectivity index (χ3n) is 6.48. The monoisotopic (exact) mass is 301 g/mol. The molecule has 22 heavy (non-hydrogen) atoms. The predicted octanol–water partition coefficient (Wildman–Crippen LogP) is 4.01. The zero-order valence-electron chi connectivity index (χ0n) is 13.2. The first-order valence-electron chi connectivity index (χ1n) is 8.28. The van der Waals surface area contributed by atoms with Crippen LogP contribution < -0.4 is 5.32 Å².